The molecule has 2 aliphatic rings. The molecule has 1 aromatic rings. The van der Waals surface area contributed by atoms with Crippen LogP contribution in [0.2, 0.25) is 0 Å². The molecule has 1 aromatic heterocycles. The van der Waals surface area contributed by atoms with E-state index < -0.39 is 0 Å². The first-order valence-corrected chi connectivity index (χ1v) is 9.14. The maximum absolute atomic E-state index is 12.1. The number of carbonyl (C=O) groups is 2. The molecule has 3 N–H and O–H groups in total. The van der Waals surface area contributed by atoms with E-state index in [9.17, 15) is 9.59 Å². The number of piperidine rings is 1. The summed E-state index contributed by atoms with van der Waals surface area (Å²) >= 11 is 1.62. The second-order valence-corrected chi connectivity index (χ2v) is 7.21. The first-order valence-electron chi connectivity index (χ1n) is 8.20. The van der Waals surface area contributed by atoms with E-state index in [2.05, 4.69) is 20.9 Å². The zero-order valence-electron chi connectivity index (χ0n) is 13.4. The van der Waals surface area contributed by atoms with Crippen molar-refractivity contribution in [3.63, 3.8) is 0 Å². The van der Waals surface area contributed by atoms with Gasteiger partial charge in [-0.05, 0) is 42.2 Å². The molecule has 3 rings (SSSR count). The molecule has 2 fully saturated rings. The molecule has 2 atom stereocenters. The van der Waals surface area contributed by atoms with E-state index in [0.29, 0.717) is 12.8 Å². The molecule has 0 aliphatic carbocycles. The SMILES string of the molecule is CC1CC(=O)NC(N2CCC(NC(=O)Cc3ccsc3)CC2)N1. The molecule has 7 heteroatoms. The molecule has 0 spiro atoms. The van der Waals surface area contributed by atoms with Crippen molar-refractivity contribution in [3.05, 3.63) is 22.4 Å². The summed E-state index contributed by atoms with van der Waals surface area (Å²) in [6.45, 7) is 3.77. The van der Waals surface area contributed by atoms with Crippen molar-refractivity contribution < 1.29 is 9.59 Å². The highest BCUT2D eigenvalue weighted by Gasteiger charge is 2.30. The lowest BCUT2D eigenvalue weighted by molar-refractivity contribution is -0.127. The summed E-state index contributed by atoms with van der Waals surface area (Å²) in [6, 6.07) is 2.43. The minimum absolute atomic E-state index is 0.0753. The summed E-state index contributed by atoms with van der Waals surface area (Å²) in [4.78, 5) is 26.0. The smallest absolute Gasteiger partial charge is 0.224 e. The Morgan fingerprint density at radius 2 is 2.22 bits per heavy atom. The summed E-state index contributed by atoms with van der Waals surface area (Å²) < 4.78 is 0. The summed E-state index contributed by atoms with van der Waals surface area (Å²) in [5.74, 6) is 0.201. The predicted octanol–water partition coefficient (Wildman–Crippen LogP) is 0.653. The standard InChI is InChI=1S/C16H24N4O2S/c1-11-8-14(21)19-16(17-11)20-5-2-13(3-6-20)18-15(22)9-12-4-7-23-10-12/h4,7,10-11,13,16-17H,2-3,5-6,8-9H2,1H3,(H,18,22)(H,19,21). The Kier molecular flexibility index (Phi) is 5.30. The molecule has 2 aliphatic heterocycles. The van der Waals surface area contributed by atoms with Crippen molar-refractivity contribution >= 4 is 23.2 Å². The van der Waals surface area contributed by atoms with Gasteiger partial charge in [-0.1, -0.05) is 0 Å². The summed E-state index contributed by atoms with van der Waals surface area (Å²) in [5.41, 5.74) is 1.08. The zero-order valence-corrected chi connectivity index (χ0v) is 14.2. The van der Waals surface area contributed by atoms with Crippen LogP contribution in [0.25, 0.3) is 0 Å². The molecule has 2 unspecified atom stereocenters. The van der Waals surface area contributed by atoms with E-state index in [1.807, 2.05) is 23.8 Å². The number of likely N-dealkylation sites (tertiary alicyclic amines) is 1. The number of hydrogen-bond acceptors (Lipinski definition) is 5. The molecule has 3 heterocycles. The minimum Gasteiger partial charge on any atom is -0.353 e. The summed E-state index contributed by atoms with van der Waals surface area (Å²) in [5, 5.41) is 13.5. The van der Waals surface area contributed by atoms with E-state index in [0.717, 1.165) is 31.5 Å². The summed E-state index contributed by atoms with van der Waals surface area (Å²) in [6.07, 6.45) is 2.75. The number of thiophene rings is 1. The van der Waals surface area contributed by atoms with Crippen LogP contribution in [0, 0.1) is 0 Å². The zero-order chi connectivity index (χ0) is 16.2. The maximum atomic E-state index is 12.1. The fraction of sp³-hybridized carbons (Fsp3) is 0.625. The molecule has 6 nitrogen and oxygen atoms in total. The molecule has 0 aromatic carbocycles. The van der Waals surface area contributed by atoms with Gasteiger partial charge in [0.1, 0.15) is 6.29 Å². The molecule has 0 bridgehead atoms. The van der Waals surface area contributed by atoms with Gasteiger partial charge in [-0.2, -0.15) is 11.3 Å². The van der Waals surface area contributed by atoms with Crippen LogP contribution in [-0.4, -0.2) is 48.2 Å². The Hall–Kier alpha value is -1.44. The van der Waals surface area contributed by atoms with E-state index in [1.54, 1.807) is 11.3 Å². The first-order chi connectivity index (χ1) is 11.1. The van der Waals surface area contributed by atoms with Gasteiger partial charge < -0.3 is 10.6 Å². The van der Waals surface area contributed by atoms with E-state index in [-0.39, 0.29) is 30.2 Å². The highest BCUT2D eigenvalue weighted by molar-refractivity contribution is 7.07. The van der Waals surface area contributed by atoms with Crippen LogP contribution in [0.4, 0.5) is 0 Å². The van der Waals surface area contributed by atoms with Gasteiger partial charge in [0.05, 0.1) is 6.42 Å². The topological polar surface area (TPSA) is 73.5 Å². The highest BCUT2D eigenvalue weighted by atomic mass is 32.1. The molecular weight excluding hydrogens is 312 g/mol. The lowest BCUT2D eigenvalue weighted by Gasteiger charge is -2.41. The quantitative estimate of drug-likeness (QED) is 0.755. The molecular formula is C16H24N4O2S. The third kappa shape index (κ3) is 4.53. The maximum Gasteiger partial charge on any atom is 0.224 e. The number of rotatable bonds is 4. The van der Waals surface area contributed by atoms with Gasteiger partial charge >= 0.3 is 0 Å². The first kappa shape index (κ1) is 16.4. The number of hydrogen-bond donors (Lipinski definition) is 3. The second kappa shape index (κ2) is 7.42. The van der Waals surface area contributed by atoms with Crippen LogP contribution in [0.5, 0.6) is 0 Å². The molecule has 0 radical (unpaired) electrons. The molecule has 2 saturated heterocycles. The van der Waals surface area contributed by atoms with Gasteiger partial charge in [-0.25, -0.2) is 0 Å². The van der Waals surface area contributed by atoms with Crippen LogP contribution >= 0.6 is 11.3 Å². The fourth-order valence-electron chi connectivity index (χ4n) is 3.22. The van der Waals surface area contributed by atoms with Gasteiger partial charge in [0.25, 0.3) is 0 Å². The molecule has 2 amide bonds. The van der Waals surface area contributed by atoms with E-state index in [4.69, 9.17) is 0 Å². The predicted molar refractivity (Wildman–Crippen MR) is 89.9 cm³/mol. The largest absolute Gasteiger partial charge is 0.353 e. The monoisotopic (exact) mass is 336 g/mol. The average Bonchev–Trinajstić information content (AvgIpc) is 2.99. The lowest BCUT2D eigenvalue weighted by atomic mass is 10.0. The minimum atomic E-state index is -0.0753. The van der Waals surface area contributed by atoms with E-state index >= 15 is 0 Å². The second-order valence-electron chi connectivity index (χ2n) is 6.43. The third-order valence-electron chi connectivity index (χ3n) is 4.44. The van der Waals surface area contributed by atoms with Crippen LogP contribution in [0.1, 0.15) is 31.7 Å². The summed E-state index contributed by atoms with van der Waals surface area (Å²) in [7, 11) is 0. The molecule has 23 heavy (non-hydrogen) atoms. The lowest BCUT2D eigenvalue weighted by Crippen LogP contribution is -2.65. The van der Waals surface area contributed by atoms with Crippen LogP contribution in [0.15, 0.2) is 16.8 Å². The van der Waals surface area contributed by atoms with Crippen molar-refractivity contribution in [2.24, 2.45) is 0 Å². The molecule has 0 saturated carbocycles. The number of nitrogens with one attached hydrogen (secondary N) is 3. The van der Waals surface area contributed by atoms with Gasteiger partial charge in [0, 0.05) is 31.6 Å². The third-order valence-corrected chi connectivity index (χ3v) is 5.17. The van der Waals surface area contributed by atoms with Crippen molar-refractivity contribution in [2.75, 3.05) is 13.1 Å². The Bertz CT molecular complexity index is 540. The van der Waals surface area contributed by atoms with Gasteiger partial charge in [0.15, 0.2) is 0 Å². The Balaban J connectivity index is 1.43. The van der Waals surface area contributed by atoms with Crippen molar-refractivity contribution in [1.82, 2.24) is 20.9 Å². The van der Waals surface area contributed by atoms with Crippen molar-refractivity contribution in [3.8, 4) is 0 Å². The van der Waals surface area contributed by atoms with E-state index in [1.165, 1.54) is 0 Å². The van der Waals surface area contributed by atoms with Gasteiger partial charge in [-0.3, -0.25) is 19.8 Å². The van der Waals surface area contributed by atoms with Crippen molar-refractivity contribution in [1.29, 1.82) is 0 Å². The molecule has 126 valence electrons. The van der Waals surface area contributed by atoms with Crippen LogP contribution < -0.4 is 16.0 Å². The fourth-order valence-corrected chi connectivity index (χ4v) is 3.88. The van der Waals surface area contributed by atoms with Crippen LogP contribution in [0.3, 0.4) is 0 Å². The highest BCUT2D eigenvalue weighted by Crippen LogP contribution is 2.14. The van der Waals surface area contributed by atoms with Crippen molar-refractivity contribution in [2.45, 2.75) is 51.0 Å². The average molecular weight is 336 g/mol. The Morgan fingerprint density at radius 1 is 1.43 bits per heavy atom. The Morgan fingerprint density at radius 3 is 2.87 bits per heavy atom. The van der Waals surface area contributed by atoms with Gasteiger partial charge in [-0.15, -0.1) is 0 Å². The number of carbonyl (C=O) groups excluding carboxylic acids is 2. The van der Waals surface area contributed by atoms with Crippen LogP contribution in [-0.2, 0) is 16.0 Å². The Labute approximate surface area is 140 Å². The number of amides is 2. The van der Waals surface area contributed by atoms with Gasteiger partial charge in [0.2, 0.25) is 11.8 Å². The number of nitrogens with zero attached hydrogens (tertiary/aromatic N) is 1. The normalized spacial score (nSPS) is 26.7.